The van der Waals surface area contributed by atoms with Crippen LogP contribution < -0.4 is 14.8 Å². The van der Waals surface area contributed by atoms with Gasteiger partial charge in [-0.25, -0.2) is 26.3 Å². The molecular weight excluding hydrogens is 290 g/mol. The number of hydrogen-bond donors (Lipinski definition) is 3. The molecule has 9 heteroatoms. The third-order valence-corrected chi connectivity index (χ3v) is 5.90. The quantitative estimate of drug-likeness (QED) is 0.498. The van der Waals surface area contributed by atoms with Crippen molar-refractivity contribution in [2.45, 2.75) is 19.8 Å². The minimum absolute atomic E-state index is 0.0465. The molecule has 7 nitrogen and oxygen atoms in total. The lowest BCUT2D eigenvalue weighted by molar-refractivity contribution is 0.519. The van der Waals surface area contributed by atoms with Crippen molar-refractivity contribution in [2.24, 2.45) is 5.92 Å². The van der Waals surface area contributed by atoms with Gasteiger partial charge < -0.3 is 5.32 Å². The van der Waals surface area contributed by atoms with Crippen LogP contribution in [0.3, 0.4) is 0 Å². The van der Waals surface area contributed by atoms with E-state index in [1.807, 2.05) is 0 Å². The van der Waals surface area contributed by atoms with Crippen molar-refractivity contribution in [2.75, 3.05) is 37.7 Å². The zero-order valence-electron chi connectivity index (χ0n) is 11.2. The van der Waals surface area contributed by atoms with Crippen LogP contribution in [0, 0.1) is 5.92 Å². The van der Waals surface area contributed by atoms with Gasteiger partial charge >= 0.3 is 0 Å². The van der Waals surface area contributed by atoms with Gasteiger partial charge in [0.15, 0.2) is 0 Å². The Balaban J connectivity index is 2.20. The molecule has 0 amide bonds. The molecule has 1 aliphatic rings. The first-order valence-electron chi connectivity index (χ1n) is 6.50. The van der Waals surface area contributed by atoms with E-state index in [4.69, 9.17) is 0 Å². The van der Waals surface area contributed by atoms with Gasteiger partial charge in [-0.2, -0.15) is 0 Å². The van der Waals surface area contributed by atoms with Crippen LogP contribution in [-0.4, -0.2) is 54.5 Å². The highest BCUT2D eigenvalue weighted by atomic mass is 32.2. The molecule has 19 heavy (non-hydrogen) atoms. The number of hydrogen-bond acceptors (Lipinski definition) is 5. The molecule has 0 radical (unpaired) electrons. The number of sulfonamides is 2. The van der Waals surface area contributed by atoms with E-state index in [0.29, 0.717) is 12.5 Å². The van der Waals surface area contributed by atoms with Crippen molar-refractivity contribution in [1.82, 2.24) is 14.8 Å². The molecular formula is C10H23N3O4S2. The molecule has 1 fully saturated rings. The van der Waals surface area contributed by atoms with E-state index >= 15 is 0 Å². The second kappa shape index (κ2) is 7.53. The van der Waals surface area contributed by atoms with Gasteiger partial charge in [-0.1, -0.05) is 0 Å². The van der Waals surface area contributed by atoms with Crippen molar-refractivity contribution in [3.63, 3.8) is 0 Å². The zero-order valence-corrected chi connectivity index (χ0v) is 12.8. The summed E-state index contributed by atoms with van der Waals surface area (Å²) in [5.74, 6) is 0.255. The predicted molar refractivity (Wildman–Crippen MR) is 74.8 cm³/mol. The van der Waals surface area contributed by atoms with Crippen LogP contribution in [0.1, 0.15) is 19.8 Å². The fourth-order valence-electron chi connectivity index (χ4n) is 1.89. The highest BCUT2D eigenvalue weighted by molar-refractivity contribution is 7.90. The molecule has 0 aromatic rings. The monoisotopic (exact) mass is 313 g/mol. The average molecular weight is 313 g/mol. The Bertz CT molecular complexity index is 455. The van der Waals surface area contributed by atoms with Gasteiger partial charge in [-0.05, 0) is 38.8 Å². The van der Waals surface area contributed by atoms with E-state index in [1.54, 1.807) is 0 Å². The summed E-state index contributed by atoms with van der Waals surface area (Å²) in [5.41, 5.74) is 0. The molecule has 1 saturated heterocycles. The Morgan fingerprint density at radius 1 is 1.11 bits per heavy atom. The van der Waals surface area contributed by atoms with Crippen LogP contribution in [0.5, 0.6) is 0 Å². The number of nitrogens with one attached hydrogen (secondary N) is 3. The SMILES string of the molecule is CCS(=O)(=O)NCCS(=O)(=O)NCCC1CCNC1. The summed E-state index contributed by atoms with van der Waals surface area (Å²) in [4.78, 5) is 0. The zero-order chi connectivity index (χ0) is 14.4. The maximum Gasteiger partial charge on any atom is 0.212 e. The lowest BCUT2D eigenvalue weighted by Gasteiger charge is -2.10. The molecule has 114 valence electrons. The smallest absolute Gasteiger partial charge is 0.212 e. The molecule has 1 atom stereocenters. The Labute approximate surface area is 115 Å². The van der Waals surface area contributed by atoms with Crippen molar-refractivity contribution in [1.29, 1.82) is 0 Å². The molecule has 3 N–H and O–H groups in total. The fraction of sp³-hybridized carbons (Fsp3) is 1.00. The second-order valence-electron chi connectivity index (χ2n) is 4.66. The first kappa shape index (κ1) is 16.8. The highest BCUT2D eigenvalue weighted by Crippen LogP contribution is 2.10. The van der Waals surface area contributed by atoms with E-state index in [9.17, 15) is 16.8 Å². The van der Waals surface area contributed by atoms with E-state index in [-0.39, 0.29) is 18.1 Å². The summed E-state index contributed by atoms with van der Waals surface area (Å²) >= 11 is 0. The molecule has 0 bridgehead atoms. The summed E-state index contributed by atoms with van der Waals surface area (Å²) in [6.45, 7) is 3.77. The summed E-state index contributed by atoms with van der Waals surface area (Å²) in [6, 6.07) is 0. The normalized spacial score (nSPS) is 20.8. The lowest BCUT2D eigenvalue weighted by Crippen LogP contribution is -2.35. The first-order valence-corrected chi connectivity index (χ1v) is 9.80. The van der Waals surface area contributed by atoms with Gasteiger partial charge in [-0.3, -0.25) is 0 Å². The van der Waals surface area contributed by atoms with Crippen LogP contribution in [0.2, 0.25) is 0 Å². The van der Waals surface area contributed by atoms with Gasteiger partial charge in [0, 0.05) is 13.1 Å². The third-order valence-electron chi connectivity index (χ3n) is 3.11. The summed E-state index contributed by atoms with van der Waals surface area (Å²) in [5, 5.41) is 3.22. The molecule has 1 heterocycles. The predicted octanol–water partition coefficient (Wildman–Crippen LogP) is -1.16. The van der Waals surface area contributed by atoms with Crippen LogP contribution in [0.15, 0.2) is 0 Å². The molecule has 1 aliphatic heterocycles. The fourth-order valence-corrected chi connectivity index (χ4v) is 3.58. The third kappa shape index (κ3) is 7.21. The van der Waals surface area contributed by atoms with Gasteiger partial charge in [0.25, 0.3) is 0 Å². The summed E-state index contributed by atoms with van der Waals surface area (Å²) in [6.07, 6.45) is 1.89. The molecule has 0 saturated carbocycles. The van der Waals surface area contributed by atoms with Crippen molar-refractivity contribution < 1.29 is 16.8 Å². The minimum Gasteiger partial charge on any atom is -0.316 e. The first-order chi connectivity index (χ1) is 8.85. The van der Waals surface area contributed by atoms with Gasteiger partial charge in [0.1, 0.15) is 0 Å². The van der Waals surface area contributed by atoms with Gasteiger partial charge in [-0.15, -0.1) is 0 Å². The molecule has 0 aromatic heterocycles. The van der Waals surface area contributed by atoms with Gasteiger partial charge in [0.05, 0.1) is 11.5 Å². The van der Waals surface area contributed by atoms with E-state index in [2.05, 4.69) is 14.8 Å². The molecule has 1 unspecified atom stereocenters. The average Bonchev–Trinajstić information content (AvgIpc) is 2.81. The topological polar surface area (TPSA) is 104 Å². The largest absolute Gasteiger partial charge is 0.316 e. The van der Waals surface area contributed by atoms with Crippen molar-refractivity contribution in [3.05, 3.63) is 0 Å². The van der Waals surface area contributed by atoms with Crippen LogP contribution in [-0.2, 0) is 20.0 Å². The van der Waals surface area contributed by atoms with Gasteiger partial charge in [0.2, 0.25) is 20.0 Å². The molecule has 1 rings (SSSR count). The lowest BCUT2D eigenvalue weighted by atomic mass is 10.1. The van der Waals surface area contributed by atoms with E-state index in [1.165, 1.54) is 6.92 Å². The molecule has 0 aromatic carbocycles. The van der Waals surface area contributed by atoms with Crippen LogP contribution in [0.4, 0.5) is 0 Å². The Morgan fingerprint density at radius 3 is 2.37 bits per heavy atom. The highest BCUT2D eigenvalue weighted by Gasteiger charge is 2.16. The minimum atomic E-state index is -3.40. The van der Waals surface area contributed by atoms with E-state index in [0.717, 1.165) is 25.9 Å². The Morgan fingerprint density at radius 2 is 1.79 bits per heavy atom. The Kier molecular flexibility index (Phi) is 6.67. The second-order valence-corrected chi connectivity index (χ2v) is 8.68. The van der Waals surface area contributed by atoms with Crippen LogP contribution >= 0.6 is 0 Å². The molecule has 0 spiro atoms. The van der Waals surface area contributed by atoms with Crippen LogP contribution in [0.25, 0.3) is 0 Å². The standard InChI is InChI=1S/C10H23N3O4S2/c1-2-18(14,15)13-7-8-19(16,17)12-6-4-10-3-5-11-9-10/h10-13H,2-9H2,1H3. The maximum absolute atomic E-state index is 11.6. The molecule has 0 aliphatic carbocycles. The summed E-state index contributed by atoms with van der Waals surface area (Å²) < 4.78 is 50.3. The number of rotatable bonds is 9. The maximum atomic E-state index is 11.6. The van der Waals surface area contributed by atoms with Crippen molar-refractivity contribution >= 4 is 20.0 Å². The van der Waals surface area contributed by atoms with E-state index < -0.39 is 20.0 Å². The van der Waals surface area contributed by atoms with Crippen molar-refractivity contribution in [3.8, 4) is 0 Å². The summed E-state index contributed by atoms with van der Waals surface area (Å²) in [7, 11) is -6.73. The Hall–Kier alpha value is -0.220.